The standard InChI is InChI=1S/C16H14N4O2S/c21-15(20-17-10-11-4-3-9-23-11)8-7-14-16(22)19-13-6-2-1-5-12(13)18-14/h1-6,9-10H,7-8H2,(H,19,22)(H,20,21)/b17-10-. The molecular formula is C16H14N4O2S. The molecule has 2 aromatic heterocycles. The van der Waals surface area contributed by atoms with Crippen molar-refractivity contribution in [2.75, 3.05) is 0 Å². The van der Waals surface area contributed by atoms with E-state index in [1.54, 1.807) is 12.3 Å². The minimum Gasteiger partial charge on any atom is -0.319 e. The highest BCUT2D eigenvalue weighted by molar-refractivity contribution is 7.11. The van der Waals surface area contributed by atoms with Crippen molar-refractivity contribution in [1.82, 2.24) is 15.4 Å². The van der Waals surface area contributed by atoms with E-state index in [9.17, 15) is 9.59 Å². The lowest BCUT2D eigenvalue weighted by Crippen LogP contribution is -2.21. The highest BCUT2D eigenvalue weighted by Crippen LogP contribution is 2.07. The minimum absolute atomic E-state index is 0.149. The predicted molar refractivity (Wildman–Crippen MR) is 90.7 cm³/mol. The summed E-state index contributed by atoms with van der Waals surface area (Å²) in [6.45, 7) is 0. The zero-order valence-electron chi connectivity index (χ0n) is 12.2. The SMILES string of the molecule is O=C(CCc1nc2ccccc2[nH]c1=O)N/N=C\c1cccs1. The Balaban J connectivity index is 1.60. The summed E-state index contributed by atoms with van der Waals surface area (Å²) in [7, 11) is 0. The van der Waals surface area contributed by atoms with Gasteiger partial charge in [-0.05, 0) is 23.6 Å². The number of thiophene rings is 1. The van der Waals surface area contributed by atoms with E-state index in [4.69, 9.17) is 0 Å². The number of hydrogen-bond donors (Lipinski definition) is 2. The van der Waals surface area contributed by atoms with Crippen LogP contribution in [0.3, 0.4) is 0 Å². The van der Waals surface area contributed by atoms with Gasteiger partial charge in [0, 0.05) is 17.7 Å². The third-order valence-electron chi connectivity index (χ3n) is 3.18. The van der Waals surface area contributed by atoms with Gasteiger partial charge in [-0.1, -0.05) is 18.2 Å². The van der Waals surface area contributed by atoms with Crippen LogP contribution >= 0.6 is 11.3 Å². The van der Waals surface area contributed by atoms with Crippen LogP contribution in [0, 0.1) is 0 Å². The number of nitrogens with zero attached hydrogens (tertiary/aromatic N) is 2. The molecule has 0 saturated heterocycles. The van der Waals surface area contributed by atoms with Crippen molar-refractivity contribution in [1.29, 1.82) is 0 Å². The van der Waals surface area contributed by atoms with Crippen molar-refractivity contribution in [3.05, 3.63) is 62.7 Å². The van der Waals surface area contributed by atoms with Crippen LogP contribution in [0.15, 0.2) is 51.7 Å². The fourth-order valence-corrected chi connectivity index (χ4v) is 2.64. The van der Waals surface area contributed by atoms with Gasteiger partial charge in [0.05, 0.1) is 17.2 Å². The molecule has 0 radical (unpaired) electrons. The van der Waals surface area contributed by atoms with Gasteiger partial charge in [0.1, 0.15) is 5.69 Å². The number of aromatic amines is 1. The van der Waals surface area contributed by atoms with Crippen molar-refractivity contribution in [2.24, 2.45) is 5.10 Å². The second-order valence-corrected chi connectivity index (χ2v) is 5.82. The molecule has 0 unspecified atom stereocenters. The van der Waals surface area contributed by atoms with E-state index < -0.39 is 0 Å². The van der Waals surface area contributed by atoms with Crippen LogP contribution in [0.5, 0.6) is 0 Å². The molecule has 1 amide bonds. The molecule has 0 bridgehead atoms. The molecule has 3 rings (SSSR count). The number of fused-ring (bicyclic) bond motifs is 1. The van der Waals surface area contributed by atoms with E-state index in [0.29, 0.717) is 16.7 Å². The largest absolute Gasteiger partial charge is 0.319 e. The van der Waals surface area contributed by atoms with Gasteiger partial charge in [-0.3, -0.25) is 9.59 Å². The van der Waals surface area contributed by atoms with Crippen LogP contribution in [-0.2, 0) is 11.2 Å². The first kappa shape index (κ1) is 15.1. The minimum atomic E-state index is -0.265. The lowest BCUT2D eigenvalue weighted by atomic mass is 10.2. The highest BCUT2D eigenvalue weighted by atomic mass is 32.1. The first-order chi connectivity index (χ1) is 11.2. The summed E-state index contributed by atoms with van der Waals surface area (Å²) in [4.78, 5) is 31.7. The van der Waals surface area contributed by atoms with Gasteiger partial charge < -0.3 is 4.98 Å². The summed E-state index contributed by atoms with van der Waals surface area (Å²) in [6.07, 6.45) is 2.00. The molecule has 0 spiro atoms. The number of nitrogens with one attached hydrogen (secondary N) is 2. The molecule has 7 heteroatoms. The first-order valence-corrected chi connectivity index (χ1v) is 7.94. The van der Waals surface area contributed by atoms with E-state index in [1.165, 1.54) is 11.3 Å². The van der Waals surface area contributed by atoms with Crippen LogP contribution in [0.2, 0.25) is 0 Å². The summed E-state index contributed by atoms with van der Waals surface area (Å²) in [6, 6.07) is 11.1. The molecular weight excluding hydrogens is 312 g/mol. The van der Waals surface area contributed by atoms with Crippen LogP contribution in [0.4, 0.5) is 0 Å². The van der Waals surface area contributed by atoms with Crippen LogP contribution in [-0.4, -0.2) is 22.1 Å². The van der Waals surface area contributed by atoms with Gasteiger partial charge in [-0.15, -0.1) is 11.3 Å². The average Bonchev–Trinajstić information content (AvgIpc) is 3.06. The van der Waals surface area contributed by atoms with Gasteiger partial charge in [-0.25, -0.2) is 10.4 Å². The van der Waals surface area contributed by atoms with Gasteiger partial charge in [0.25, 0.3) is 5.56 Å². The lowest BCUT2D eigenvalue weighted by Gasteiger charge is -2.02. The lowest BCUT2D eigenvalue weighted by molar-refractivity contribution is -0.121. The smallest absolute Gasteiger partial charge is 0.270 e. The van der Waals surface area contributed by atoms with E-state index in [1.807, 2.05) is 35.7 Å². The maximum Gasteiger partial charge on any atom is 0.270 e. The quantitative estimate of drug-likeness (QED) is 0.556. The van der Waals surface area contributed by atoms with Gasteiger partial charge in [0.2, 0.25) is 5.91 Å². The first-order valence-electron chi connectivity index (χ1n) is 7.06. The van der Waals surface area contributed by atoms with Crippen molar-refractivity contribution >= 4 is 34.5 Å². The summed E-state index contributed by atoms with van der Waals surface area (Å²) in [5.41, 5.74) is 3.92. The molecule has 3 aromatic rings. The maximum atomic E-state index is 11.9. The molecule has 0 aliphatic heterocycles. The van der Waals surface area contributed by atoms with Gasteiger partial charge in [-0.2, -0.15) is 5.10 Å². The molecule has 116 valence electrons. The number of hydrazone groups is 1. The Kier molecular flexibility index (Phi) is 4.58. The monoisotopic (exact) mass is 326 g/mol. The predicted octanol–water partition coefficient (Wildman–Crippen LogP) is 2.07. The molecule has 1 aromatic carbocycles. The Hall–Kier alpha value is -2.80. The van der Waals surface area contributed by atoms with Gasteiger partial charge in [0.15, 0.2) is 0 Å². The van der Waals surface area contributed by atoms with Crippen LogP contribution < -0.4 is 11.0 Å². The fourth-order valence-electron chi connectivity index (χ4n) is 2.06. The number of aromatic nitrogens is 2. The maximum absolute atomic E-state index is 11.9. The Morgan fingerprint density at radius 3 is 3.00 bits per heavy atom. The Morgan fingerprint density at radius 1 is 1.30 bits per heavy atom. The number of para-hydroxylation sites is 2. The molecule has 6 nitrogen and oxygen atoms in total. The van der Waals surface area contributed by atoms with Crippen LogP contribution in [0.25, 0.3) is 11.0 Å². The molecule has 0 saturated carbocycles. The summed E-state index contributed by atoms with van der Waals surface area (Å²) in [5, 5.41) is 5.81. The molecule has 0 atom stereocenters. The number of H-pyrrole nitrogens is 1. The topological polar surface area (TPSA) is 87.2 Å². The molecule has 0 fully saturated rings. The summed E-state index contributed by atoms with van der Waals surface area (Å²) < 4.78 is 0. The van der Waals surface area contributed by atoms with Crippen molar-refractivity contribution in [2.45, 2.75) is 12.8 Å². The Bertz CT molecular complexity index is 900. The molecule has 0 aliphatic rings. The summed E-state index contributed by atoms with van der Waals surface area (Å²) >= 11 is 1.53. The number of carbonyl (C=O) groups excluding carboxylic acids is 1. The van der Waals surface area contributed by atoms with E-state index >= 15 is 0 Å². The average molecular weight is 326 g/mol. The number of rotatable bonds is 5. The number of aryl methyl sites for hydroxylation is 1. The molecule has 0 aliphatic carbocycles. The molecule has 2 heterocycles. The van der Waals surface area contributed by atoms with Crippen LogP contribution in [0.1, 0.15) is 17.0 Å². The Morgan fingerprint density at radius 2 is 2.17 bits per heavy atom. The summed E-state index contributed by atoms with van der Waals surface area (Å²) in [5.74, 6) is -0.257. The highest BCUT2D eigenvalue weighted by Gasteiger charge is 2.07. The number of hydrogen-bond acceptors (Lipinski definition) is 5. The number of benzene rings is 1. The zero-order valence-corrected chi connectivity index (χ0v) is 13.0. The van der Waals surface area contributed by atoms with Gasteiger partial charge >= 0.3 is 0 Å². The third kappa shape index (κ3) is 3.89. The molecule has 2 N–H and O–H groups in total. The second-order valence-electron chi connectivity index (χ2n) is 4.84. The van der Waals surface area contributed by atoms with Crippen molar-refractivity contribution < 1.29 is 4.79 Å². The fraction of sp³-hybridized carbons (Fsp3) is 0.125. The van der Waals surface area contributed by atoms with Crippen molar-refractivity contribution in [3.8, 4) is 0 Å². The van der Waals surface area contributed by atoms with E-state index in [0.717, 1.165) is 4.88 Å². The Labute approximate surface area is 135 Å². The van der Waals surface area contributed by atoms with E-state index in [2.05, 4.69) is 20.5 Å². The zero-order chi connectivity index (χ0) is 16.1. The third-order valence-corrected chi connectivity index (χ3v) is 3.99. The number of amides is 1. The number of carbonyl (C=O) groups is 1. The van der Waals surface area contributed by atoms with E-state index in [-0.39, 0.29) is 24.3 Å². The molecule has 23 heavy (non-hydrogen) atoms. The normalized spacial score (nSPS) is 11.1. The second kappa shape index (κ2) is 6.97. The van der Waals surface area contributed by atoms with Crippen molar-refractivity contribution in [3.63, 3.8) is 0 Å².